The fourth-order valence-corrected chi connectivity index (χ4v) is 3.52. The molecule has 3 rings (SSSR count). The van der Waals surface area contributed by atoms with E-state index in [1.165, 1.54) is 12.1 Å². The third-order valence-corrected chi connectivity index (χ3v) is 5.08. The van der Waals surface area contributed by atoms with Crippen molar-refractivity contribution < 1.29 is 9.18 Å². The molecule has 2 heterocycles. The van der Waals surface area contributed by atoms with E-state index in [2.05, 4.69) is 45.0 Å². The van der Waals surface area contributed by atoms with Gasteiger partial charge in [0.1, 0.15) is 17.2 Å². The molecule has 0 saturated carbocycles. The number of carbonyl (C=O) groups excluding carboxylic acids is 1. The Morgan fingerprint density at radius 3 is 2.85 bits per heavy atom. The van der Waals surface area contributed by atoms with Crippen LogP contribution in [0.25, 0.3) is 11.3 Å². The molecule has 1 unspecified atom stereocenters. The molecule has 174 valence electrons. The maximum Gasteiger partial charge on any atom is 0.321 e. The number of aliphatic imine (C=N–C) groups is 1. The topological polar surface area (TPSA) is 104 Å². The molecule has 3 N–H and O–H groups in total. The van der Waals surface area contributed by atoms with Crippen molar-refractivity contribution in [1.29, 1.82) is 0 Å². The molecule has 8 nitrogen and oxygen atoms in total. The third kappa shape index (κ3) is 6.21. The summed E-state index contributed by atoms with van der Waals surface area (Å²) in [5, 5.41) is 9.82. The van der Waals surface area contributed by atoms with Crippen LogP contribution in [-0.4, -0.2) is 34.0 Å². The minimum absolute atomic E-state index is 0.125. The number of carbonyl (C=O) groups is 1. The van der Waals surface area contributed by atoms with Crippen LogP contribution in [0.5, 0.6) is 0 Å². The van der Waals surface area contributed by atoms with Crippen LogP contribution in [0.15, 0.2) is 46.6 Å². The van der Waals surface area contributed by atoms with E-state index in [0.717, 1.165) is 24.3 Å². The summed E-state index contributed by atoms with van der Waals surface area (Å²) in [4.78, 5) is 26.0. The van der Waals surface area contributed by atoms with Crippen LogP contribution in [0.3, 0.4) is 0 Å². The minimum atomic E-state index is -0.412. The molecule has 1 aliphatic heterocycles. The maximum absolute atomic E-state index is 14.1. The van der Waals surface area contributed by atoms with Gasteiger partial charge in [-0.3, -0.25) is 10.7 Å². The molecule has 1 aliphatic rings. The van der Waals surface area contributed by atoms with Crippen LogP contribution in [0.4, 0.5) is 20.8 Å². The van der Waals surface area contributed by atoms with Gasteiger partial charge in [0.15, 0.2) is 0 Å². The van der Waals surface area contributed by atoms with Crippen LogP contribution in [-0.2, 0) is 0 Å². The summed E-state index contributed by atoms with van der Waals surface area (Å²) in [6, 6.07) is 5.73. The number of aryl methyl sites for hydroxylation is 1. The van der Waals surface area contributed by atoms with Gasteiger partial charge < -0.3 is 5.32 Å². The first-order chi connectivity index (χ1) is 15.9. The van der Waals surface area contributed by atoms with Crippen LogP contribution in [0.1, 0.15) is 45.7 Å². The number of hydrogen-bond acceptors (Lipinski definition) is 6. The molecule has 1 aromatic carbocycles. The van der Waals surface area contributed by atoms with Crippen molar-refractivity contribution in [3.05, 3.63) is 48.1 Å². The Labute approximate surface area is 193 Å². The lowest BCUT2D eigenvalue weighted by atomic mass is 9.95. The molecule has 0 fully saturated rings. The molecule has 9 heteroatoms. The number of halogens is 1. The zero-order valence-corrected chi connectivity index (χ0v) is 19.4. The number of urea groups is 1. The van der Waals surface area contributed by atoms with E-state index >= 15 is 0 Å². The van der Waals surface area contributed by atoms with E-state index in [9.17, 15) is 9.18 Å². The van der Waals surface area contributed by atoms with E-state index in [1.54, 1.807) is 19.1 Å². The molecule has 0 aliphatic carbocycles. The first kappa shape index (κ1) is 24.0. The second-order valence-corrected chi connectivity index (χ2v) is 7.80. The lowest BCUT2D eigenvalue weighted by Crippen LogP contribution is -2.29. The molecule has 2 aromatic rings. The highest BCUT2D eigenvalue weighted by Gasteiger charge is 2.21. The van der Waals surface area contributed by atoms with Crippen LogP contribution < -0.4 is 16.1 Å². The number of anilines is 1. The SMILES string of the molecule is CCCC(=Nc1c(C)nc(NC(=O)NCC)nc1-c1cccc(F)c1)C1=NNC=CCC1C. The summed E-state index contributed by atoms with van der Waals surface area (Å²) >= 11 is 0. The average Bonchev–Trinajstić information content (AvgIpc) is 2.99. The van der Waals surface area contributed by atoms with E-state index < -0.39 is 6.03 Å². The van der Waals surface area contributed by atoms with Gasteiger partial charge in [-0.2, -0.15) is 5.10 Å². The molecular formula is C24H30FN7O. The van der Waals surface area contributed by atoms with Gasteiger partial charge in [-0.25, -0.2) is 24.1 Å². The summed E-state index contributed by atoms with van der Waals surface area (Å²) < 4.78 is 14.1. The first-order valence-electron chi connectivity index (χ1n) is 11.2. The fourth-order valence-electron chi connectivity index (χ4n) is 3.52. The van der Waals surface area contributed by atoms with E-state index in [1.807, 2.05) is 19.2 Å². The fraction of sp³-hybridized carbons (Fsp3) is 0.375. The Morgan fingerprint density at radius 1 is 1.30 bits per heavy atom. The number of nitrogens with zero attached hydrogens (tertiary/aromatic N) is 4. The molecule has 33 heavy (non-hydrogen) atoms. The Kier molecular flexibility index (Phi) is 8.23. The summed E-state index contributed by atoms with van der Waals surface area (Å²) in [6.07, 6.45) is 6.30. The quantitative estimate of drug-likeness (QED) is 0.509. The van der Waals surface area contributed by atoms with Crippen molar-refractivity contribution in [2.45, 2.75) is 47.0 Å². The Balaban J connectivity index is 2.15. The summed E-state index contributed by atoms with van der Waals surface area (Å²) in [6.45, 7) is 8.27. The molecule has 1 aromatic heterocycles. The van der Waals surface area contributed by atoms with Crippen LogP contribution >= 0.6 is 0 Å². The predicted molar refractivity (Wildman–Crippen MR) is 130 cm³/mol. The standard InChI is InChI=1S/C24H30FN7O/c1-5-9-19(20-15(3)10-8-13-27-32-20)29-21-16(4)28-23(31-24(33)26-6-2)30-22(21)17-11-7-12-18(25)14-17/h7-8,11-15,27H,5-6,9-10H2,1-4H3,(H2,26,28,30,31,33). The number of hydrogen-bond donors (Lipinski definition) is 3. The third-order valence-electron chi connectivity index (χ3n) is 5.08. The second-order valence-electron chi connectivity index (χ2n) is 7.80. The van der Waals surface area contributed by atoms with E-state index in [-0.39, 0.29) is 17.7 Å². The summed E-state index contributed by atoms with van der Waals surface area (Å²) in [7, 11) is 0. The summed E-state index contributed by atoms with van der Waals surface area (Å²) in [5.41, 5.74) is 6.73. The average molecular weight is 452 g/mol. The highest BCUT2D eigenvalue weighted by molar-refractivity contribution is 6.43. The van der Waals surface area contributed by atoms with Gasteiger partial charge in [0, 0.05) is 24.2 Å². The molecule has 0 spiro atoms. The van der Waals surface area contributed by atoms with Crippen molar-refractivity contribution in [3.8, 4) is 11.3 Å². The number of aromatic nitrogens is 2. The monoisotopic (exact) mass is 451 g/mol. The van der Waals surface area contributed by atoms with Crippen LogP contribution in [0.2, 0.25) is 0 Å². The predicted octanol–water partition coefficient (Wildman–Crippen LogP) is 5.10. The highest BCUT2D eigenvalue weighted by atomic mass is 19.1. The minimum Gasteiger partial charge on any atom is -0.338 e. The Morgan fingerprint density at radius 2 is 2.12 bits per heavy atom. The van der Waals surface area contributed by atoms with Gasteiger partial charge in [-0.15, -0.1) is 0 Å². The van der Waals surface area contributed by atoms with Gasteiger partial charge in [0.2, 0.25) is 5.95 Å². The van der Waals surface area contributed by atoms with Gasteiger partial charge in [0.25, 0.3) is 0 Å². The zero-order valence-electron chi connectivity index (χ0n) is 19.4. The van der Waals surface area contributed by atoms with Crippen molar-refractivity contribution in [3.63, 3.8) is 0 Å². The Hall–Kier alpha value is -3.62. The molecule has 0 saturated heterocycles. The van der Waals surface area contributed by atoms with Gasteiger partial charge in [-0.1, -0.05) is 38.5 Å². The van der Waals surface area contributed by atoms with E-state index in [4.69, 9.17) is 4.99 Å². The van der Waals surface area contributed by atoms with Crippen LogP contribution in [0, 0.1) is 18.7 Å². The zero-order chi connectivity index (χ0) is 23.8. The number of amides is 2. The normalized spacial score (nSPS) is 16.0. The molecule has 1 atom stereocenters. The first-order valence-corrected chi connectivity index (χ1v) is 11.2. The van der Waals surface area contributed by atoms with Crippen molar-refractivity contribution in [2.75, 3.05) is 11.9 Å². The van der Waals surface area contributed by atoms with Crippen molar-refractivity contribution >= 4 is 29.1 Å². The molecule has 0 bridgehead atoms. The lowest BCUT2D eigenvalue weighted by Gasteiger charge is -2.16. The second kappa shape index (κ2) is 11.3. The number of nitrogens with one attached hydrogen (secondary N) is 3. The van der Waals surface area contributed by atoms with Gasteiger partial charge in [0.05, 0.1) is 17.1 Å². The van der Waals surface area contributed by atoms with Crippen molar-refractivity contribution in [1.82, 2.24) is 20.7 Å². The number of allylic oxidation sites excluding steroid dienone is 1. The van der Waals surface area contributed by atoms with Crippen molar-refractivity contribution in [2.24, 2.45) is 16.0 Å². The van der Waals surface area contributed by atoms with Gasteiger partial charge >= 0.3 is 6.03 Å². The maximum atomic E-state index is 14.1. The molecule has 0 radical (unpaired) electrons. The molecular weight excluding hydrogens is 421 g/mol. The molecule has 2 amide bonds. The lowest BCUT2D eigenvalue weighted by molar-refractivity contribution is 0.252. The van der Waals surface area contributed by atoms with Gasteiger partial charge in [-0.05, 0) is 38.8 Å². The number of rotatable bonds is 7. The number of hydrazone groups is 1. The summed E-state index contributed by atoms with van der Waals surface area (Å²) in [5.74, 6) is -0.0819. The highest BCUT2D eigenvalue weighted by Crippen LogP contribution is 2.33. The number of benzene rings is 1. The largest absolute Gasteiger partial charge is 0.338 e. The van der Waals surface area contributed by atoms with E-state index in [0.29, 0.717) is 35.6 Å². The smallest absolute Gasteiger partial charge is 0.321 e. The Bertz CT molecular complexity index is 1090.